The van der Waals surface area contributed by atoms with Gasteiger partial charge in [0, 0.05) is 5.38 Å². The van der Waals surface area contributed by atoms with Gasteiger partial charge in [0.1, 0.15) is 4.34 Å². The van der Waals surface area contributed by atoms with Crippen molar-refractivity contribution in [3.8, 4) is 5.75 Å². The first kappa shape index (κ1) is 9.84. The Morgan fingerprint density at radius 1 is 1.75 bits per heavy atom. The van der Waals surface area contributed by atoms with Gasteiger partial charge in [-0.2, -0.15) is 0 Å². The molecule has 1 rings (SSSR count). The highest BCUT2D eigenvalue weighted by Crippen LogP contribution is 2.36. The average Bonchev–Trinajstić information content (AvgIpc) is 2.34. The van der Waals surface area contributed by atoms with Crippen molar-refractivity contribution in [1.82, 2.24) is 0 Å². The van der Waals surface area contributed by atoms with Crippen LogP contribution in [0.15, 0.2) is 5.38 Å². The lowest BCUT2D eigenvalue weighted by atomic mass is 10.3. The zero-order chi connectivity index (χ0) is 9.14. The Morgan fingerprint density at radius 3 is 2.92 bits per heavy atom. The molecule has 0 fully saturated rings. The molecular formula is C7H6Cl2O2S. The molecule has 0 aliphatic rings. The minimum atomic E-state index is -0.540. The molecular weight excluding hydrogens is 219 g/mol. The molecule has 0 atom stereocenters. The van der Waals surface area contributed by atoms with Crippen LogP contribution in [0.3, 0.4) is 0 Å². The fourth-order valence-corrected chi connectivity index (χ4v) is 1.94. The number of hydrogen-bond donors (Lipinski definition) is 0. The zero-order valence-electron chi connectivity index (χ0n) is 6.27. The Kier molecular flexibility index (Phi) is 3.38. The maximum absolute atomic E-state index is 10.8. The highest BCUT2D eigenvalue weighted by Gasteiger charge is 2.15. The predicted octanol–water partition coefficient (Wildman–Crippen LogP) is 3.18. The second-order valence-corrected chi connectivity index (χ2v) is 3.78. The van der Waals surface area contributed by atoms with Gasteiger partial charge in [-0.1, -0.05) is 11.6 Å². The smallest absolute Gasteiger partial charge is 0.257 e. The van der Waals surface area contributed by atoms with Crippen LogP contribution in [-0.2, 0) is 0 Å². The van der Waals surface area contributed by atoms with Crippen molar-refractivity contribution in [2.45, 2.75) is 6.92 Å². The minimum absolute atomic E-state index is 0.341. The van der Waals surface area contributed by atoms with E-state index in [0.717, 1.165) is 0 Å². The van der Waals surface area contributed by atoms with E-state index in [0.29, 0.717) is 22.3 Å². The van der Waals surface area contributed by atoms with Crippen molar-refractivity contribution in [2.75, 3.05) is 6.61 Å². The van der Waals surface area contributed by atoms with Crippen LogP contribution in [0, 0.1) is 0 Å². The van der Waals surface area contributed by atoms with E-state index in [-0.39, 0.29) is 0 Å². The first-order valence-electron chi connectivity index (χ1n) is 3.26. The molecule has 0 aliphatic heterocycles. The number of rotatable bonds is 3. The number of hydrogen-bond acceptors (Lipinski definition) is 3. The Morgan fingerprint density at radius 2 is 2.42 bits per heavy atom. The van der Waals surface area contributed by atoms with Gasteiger partial charge in [0.05, 0.1) is 12.2 Å². The summed E-state index contributed by atoms with van der Waals surface area (Å²) in [5, 5.41) is 1.05. The van der Waals surface area contributed by atoms with E-state index in [1.807, 2.05) is 6.92 Å². The second kappa shape index (κ2) is 4.12. The zero-order valence-corrected chi connectivity index (χ0v) is 8.59. The minimum Gasteiger partial charge on any atom is -0.491 e. The van der Waals surface area contributed by atoms with Gasteiger partial charge in [-0.05, 0) is 18.5 Å². The van der Waals surface area contributed by atoms with E-state index in [4.69, 9.17) is 27.9 Å². The van der Waals surface area contributed by atoms with E-state index >= 15 is 0 Å². The van der Waals surface area contributed by atoms with E-state index in [9.17, 15) is 4.79 Å². The van der Waals surface area contributed by atoms with Crippen molar-refractivity contribution in [1.29, 1.82) is 0 Å². The van der Waals surface area contributed by atoms with Crippen molar-refractivity contribution in [2.24, 2.45) is 0 Å². The van der Waals surface area contributed by atoms with Crippen LogP contribution in [0.2, 0.25) is 4.34 Å². The molecule has 0 saturated carbocycles. The van der Waals surface area contributed by atoms with Gasteiger partial charge in [-0.25, -0.2) is 0 Å². The predicted molar refractivity (Wildman–Crippen MR) is 50.7 cm³/mol. The molecule has 66 valence electrons. The topological polar surface area (TPSA) is 26.3 Å². The van der Waals surface area contributed by atoms with Crippen molar-refractivity contribution < 1.29 is 9.53 Å². The summed E-state index contributed by atoms with van der Waals surface area (Å²) in [7, 11) is 0. The number of halogens is 2. The first-order valence-corrected chi connectivity index (χ1v) is 4.90. The molecule has 0 bridgehead atoms. The molecule has 1 aromatic heterocycles. The Balaban J connectivity index is 3.03. The lowest BCUT2D eigenvalue weighted by Gasteiger charge is -2.01. The van der Waals surface area contributed by atoms with E-state index in [1.165, 1.54) is 11.3 Å². The van der Waals surface area contributed by atoms with Crippen molar-refractivity contribution in [3.63, 3.8) is 0 Å². The lowest BCUT2D eigenvalue weighted by Crippen LogP contribution is -1.95. The number of thiophene rings is 1. The van der Waals surface area contributed by atoms with Crippen molar-refractivity contribution >= 4 is 39.8 Å². The van der Waals surface area contributed by atoms with Crippen LogP contribution in [0.25, 0.3) is 0 Å². The summed E-state index contributed by atoms with van der Waals surface area (Å²) < 4.78 is 5.60. The molecule has 0 spiro atoms. The molecule has 0 amide bonds. The van der Waals surface area contributed by atoms with E-state index in [2.05, 4.69) is 0 Å². The fraction of sp³-hybridized carbons (Fsp3) is 0.286. The molecule has 1 aromatic rings. The summed E-state index contributed by atoms with van der Waals surface area (Å²) in [5.41, 5.74) is 0.341. The highest BCUT2D eigenvalue weighted by atomic mass is 35.5. The van der Waals surface area contributed by atoms with E-state index in [1.54, 1.807) is 5.38 Å². The number of carbonyl (C=O) groups is 1. The van der Waals surface area contributed by atoms with Gasteiger partial charge in [0.15, 0.2) is 5.75 Å². The summed E-state index contributed by atoms with van der Waals surface area (Å²) in [6.07, 6.45) is 0. The summed E-state index contributed by atoms with van der Waals surface area (Å²) in [6, 6.07) is 0. The van der Waals surface area contributed by atoms with Gasteiger partial charge >= 0.3 is 0 Å². The van der Waals surface area contributed by atoms with Crippen LogP contribution in [0.5, 0.6) is 5.75 Å². The Hall–Kier alpha value is -0.250. The third-order valence-corrected chi connectivity index (χ3v) is 2.59. The molecule has 2 nitrogen and oxygen atoms in total. The number of ether oxygens (including phenoxy) is 1. The molecule has 0 aliphatic carbocycles. The third-order valence-electron chi connectivity index (χ3n) is 1.20. The Labute approximate surface area is 84.0 Å². The monoisotopic (exact) mass is 224 g/mol. The van der Waals surface area contributed by atoms with Gasteiger partial charge in [0.2, 0.25) is 0 Å². The van der Waals surface area contributed by atoms with Crippen LogP contribution in [0.1, 0.15) is 17.3 Å². The average molecular weight is 225 g/mol. The summed E-state index contributed by atoms with van der Waals surface area (Å²) in [5.74, 6) is 0.393. The maximum Gasteiger partial charge on any atom is 0.257 e. The molecule has 0 aromatic carbocycles. The van der Waals surface area contributed by atoms with Gasteiger partial charge < -0.3 is 4.74 Å². The number of carbonyl (C=O) groups excluding carboxylic acids is 1. The molecule has 5 heteroatoms. The fourth-order valence-electron chi connectivity index (χ4n) is 0.738. The first-order chi connectivity index (χ1) is 5.66. The highest BCUT2D eigenvalue weighted by molar-refractivity contribution is 7.15. The molecule has 0 saturated heterocycles. The van der Waals surface area contributed by atoms with Crippen molar-refractivity contribution in [3.05, 3.63) is 15.3 Å². The van der Waals surface area contributed by atoms with Gasteiger partial charge in [-0.15, -0.1) is 11.3 Å². The standard InChI is InChI=1S/C7H6Cl2O2S/c1-2-11-5-4(6(8)10)3-12-7(5)9/h3H,2H2,1H3. The van der Waals surface area contributed by atoms with Crippen LogP contribution < -0.4 is 4.74 Å². The van der Waals surface area contributed by atoms with Crippen LogP contribution >= 0.6 is 34.5 Å². The molecule has 1 heterocycles. The molecule has 0 unspecified atom stereocenters. The lowest BCUT2D eigenvalue weighted by molar-refractivity contribution is 0.107. The normalized spacial score (nSPS) is 9.92. The molecule has 0 N–H and O–H groups in total. The second-order valence-electron chi connectivity index (χ2n) is 1.96. The summed E-state index contributed by atoms with van der Waals surface area (Å²) in [4.78, 5) is 10.8. The quantitative estimate of drug-likeness (QED) is 0.738. The van der Waals surface area contributed by atoms with Crippen LogP contribution in [0.4, 0.5) is 0 Å². The largest absolute Gasteiger partial charge is 0.491 e. The third kappa shape index (κ3) is 1.91. The summed E-state index contributed by atoms with van der Waals surface area (Å²) in [6.45, 7) is 2.28. The van der Waals surface area contributed by atoms with Crippen LogP contribution in [-0.4, -0.2) is 11.8 Å². The van der Waals surface area contributed by atoms with Gasteiger partial charge in [-0.3, -0.25) is 4.79 Å². The summed E-state index contributed by atoms with van der Waals surface area (Å²) >= 11 is 12.3. The Bertz CT molecular complexity index is 296. The van der Waals surface area contributed by atoms with Gasteiger partial charge in [0.25, 0.3) is 5.24 Å². The molecule has 12 heavy (non-hydrogen) atoms. The molecule has 0 radical (unpaired) electrons. The van der Waals surface area contributed by atoms with E-state index < -0.39 is 5.24 Å². The maximum atomic E-state index is 10.8. The SMILES string of the molecule is CCOc1c(C(=O)Cl)csc1Cl.